The summed E-state index contributed by atoms with van der Waals surface area (Å²) in [6, 6.07) is 8.09. The second kappa shape index (κ2) is 8.05. The number of aromatic nitrogens is 1. The Morgan fingerprint density at radius 3 is 2.89 bits per heavy atom. The van der Waals surface area contributed by atoms with Crippen LogP contribution in [0, 0.1) is 0 Å². The molecule has 28 heavy (non-hydrogen) atoms. The average Bonchev–Trinajstić information content (AvgIpc) is 3.55. The minimum Gasteiger partial charge on any atom is -0.465 e. The van der Waals surface area contributed by atoms with E-state index >= 15 is 0 Å². The molecule has 2 N–H and O–H groups in total. The van der Waals surface area contributed by atoms with Gasteiger partial charge in [0.2, 0.25) is 0 Å². The highest BCUT2D eigenvalue weighted by Crippen LogP contribution is 2.41. The van der Waals surface area contributed by atoms with E-state index < -0.39 is 0 Å². The van der Waals surface area contributed by atoms with Crippen LogP contribution in [0.15, 0.2) is 37.0 Å². The minimum absolute atomic E-state index is 0.369. The lowest BCUT2D eigenvalue weighted by molar-refractivity contribution is 0.0601. The largest absolute Gasteiger partial charge is 0.465 e. The van der Waals surface area contributed by atoms with Crippen LogP contribution in [0.2, 0.25) is 0 Å². The Labute approximate surface area is 166 Å². The van der Waals surface area contributed by atoms with Gasteiger partial charge in [-0.05, 0) is 73.4 Å². The van der Waals surface area contributed by atoms with Gasteiger partial charge in [-0.3, -0.25) is 0 Å². The number of fused-ring (bicyclic) bond motifs is 1. The fourth-order valence-corrected chi connectivity index (χ4v) is 3.69. The van der Waals surface area contributed by atoms with Gasteiger partial charge in [0.25, 0.3) is 0 Å². The molecule has 0 atom stereocenters. The first kappa shape index (κ1) is 18.5. The van der Waals surface area contributed by atoms with E-state index in [4.69, 9.17) is 4.74 Å². The van der Waals surface area contributed by atoms with Crippen molar-refractivity contribution in [1.82, 2.24) is 4.98 Å². The Balaban J connectivity index is 1.64. The van der Waals surface area contributed by atoms with Crippen molar-refractivity contribution in [2.75, 3.05) is 24.3 Å². The fourth-order valence-electron chi connectivity index (χ4n) is 3.69. The summed E-state index contributed by atoms with van der Waals surface area (Å²) in [6.07, 6.45) is 8.74. The molecule has 146 valence electrons. The van der Waals surface area contributed by atoms with E-state index in [1.54, 1.807) is 0 Å². The van der Waals surface area contributed by atoms with Crippen LogP contribution in [0.3, 0.4) is 0 Å². The number of anilines is 3. The summed E-state index contributed by atoms with van der Waals surface area (Å²) in [7, 11) is 1.40. The van der Waals surface area contributed by atoms with Crippen LogP contribution in [-0.2, 0) is 4.74 Å². The Kier molecular flexibility index (Phi) is 5.33. The summed E-state index contributed by atoms with van der Waals surface area (Å²) in [5.41, 5.74) is 5.85. The van der Waals surface area contributed by atoms with Crippen LogP contribution in [0.5, 0.6) is 0 Å². The summed E-state index contributed by atoms with van der Waals surface area (Å²) in [6.45, 7) is 5.26. The van der Waals surface area contributed by atoms with Gasteiger partial charge in [0, 0.05) is 29.7 Å². The molecule has 2 aromatic rings. The van der Waals surface area contributed by atoms with E-state index in [9.17, 15) is 4.79 Å². The van der Waals surface area contributed by atoms with Gasteiger partial charge in [0.05, 0.1) is 7.11 Å². The molecule has 1 aromatic carbocycles. The molecule has 0 bridgehead atoms. The van der Waals surface area contributed by atoms with Crippen LogP contribution in [0.25, 0.3) is 5.57 Å². The van der Waals surface area contributed by atoms with Crippen LogP contribution >= 0.6 is 0 Å². The average molecular weight is 377 g/mol. The number of nitrogens with one attached hydrogen (secondary N) is 2. The third kappa shape index (κ3) is 4.03. The molecule has 0 spiro atoms. The first-order valence-corrected chi connectivity index (χ1v) is 10.1. The molecule has 1 aliphatic carbocycles. The molecule has 5 heteroatoms. The second-order valence-electron chi connectivity index (χ2n) is 7.66. The first-order chi connectivity index (χ1) is 13.7. The van der Waals surface area contributed by atoms with Gasteiger partial charge < -0.3 is 15.4 Å². The second-order valence-corrected chi connectivity index (χ2v) is 7.66. The van der Waals surface area contributed by atoms with E-state index in [0.29, 0.717) is 17.3 Å². The van der Waals surface area contributed by atoms with Crippen LogP contribution < -0.4 is 10.6 Å². The van der Waals surface area contributed by atoms with Crippen molar-refractivity contribution < 1.29 is 9.53 Å². The van der Waals surface area contributed by atoms with E-state index in [2.05, 4.69) is 34.3 Å². The van der Waals surface area contributed by atoms with Crippen molar-refractivity contribution in [1.29, 1.82) is 0 Å². The molecular weight excluding hydrogens is 350 g/mol. The normalized spacial score (nSPS) is 16.8. The highest BCUT2D eigenvalue weighted by Gasteiger charge is 2.26. The van der Waals surface area contributed by atoms with Crippen LogP contribution in [0.1, 0.15) is 65.9 Å². The van der Waals surface area contributed by atoms with Gasteiger partial charge in [-0.25, -0.2) is 9.78 Å². The molecule has 0 unspecified atom stereocenters. The monoisotopic (exact) mass is 377 g/mol. The number of ether oxygens (including phenoxy) is 1. The number of carbonyl (C=O) groups is 1. The molecule has 2 heterocycles. The lowest BCUT2D eigenvalue weighted by Crippen LogP contribution is -2.09. The van der Waals surface area contributed by atoms with E-state index in [1.165, 1.54) is 20.0 Å². The summed E-state index contributed by atoms with van der Waals surface area (Å²) in [4.78, 5) is 16.8. The molecule has 4 rings (SSSR count). The standard InChI is InChI=1S/C23H27N3O2/c1-15-6-4-3-5-11-24-21-10-9-18(13-19(15)21)26-22-20(23(27)28-2)12-17(14-25-22)16-7-8-16/h9-10,12-14,16,24H,1,3-8,11H2,2H3,(H,25,26). The molecule has 0 saturated heterocycles. The minimum atomic E-state index is -0.369. The SMILES string of the molecule is C=C1CCCCCNc2ccc(Nc3ncc(C4CC4)cc3C(=O)OC)cc21. The van der Waals surface area contributed by atoms with Crippen molar-refractivity contribution in [3.05, 3.63) is 53.7 Å². The zero-order valence-corrected chi connectivity index (χ0v) is 16.4. The van der Waals surface area contributed by atoms with Gasteiger partial charge in [0.1, 0.15) is 11.4 Å². The molecule has 1 aliphatic heterocycles. The molecule has 1 aromatic heterocycles. The predicted molar refractivity (Wildman–Crippen MR) is 113 cm³/mol. The lowest BCUT2D eigenvalue weighted by Gasteiger charge is -2.16. The number of allylic oxidation sites excluding steroid dienone is 1. The van der Waals surface area contributed by atoms with Gasteiger partial charge in [-0.1, -0.05) is 13.0 Å². The first-order valence-electron chi connectivity index (χ1n) is 10.1. The summed E-state index contributed by atoms with van der Waals surface area (Å²) >= 11 is 0. The van der Waals surface area contributed by atoms with E-state index in [0.717, 1.165) is 60.3 Å². The number of nitrogens with zero attached hydrogens (tertiary/aromatic N) is 1. The highest BCUT2D eigenvalue weighted by atomic mass is 16.5. The molecule has 2 aliphatic rings. The fraction of sp³-hybridized carbons (Fsp3) is 0.391. The lowest BCUT2D eigenvalue weighted by atomic mass is 9.99. The summed E-state index contributed by atoms with van der Waals surface area (Å²) in [5.74, 6) is 0.684. The number of pyridine rings is 1. The van der Waals surface area contributed by atoms with Gasteiger partial charge >= 0.3 is 5.97 Å². The highest BCUT2D eigenvalue weighted by molar-refractivity contribution is 5.95. The molecule has 5 nitrogen and oxygen atoms in total. The summed E-state index contributed by atoms with van der Waals surface area (Å²) < 4.78 is 4.98. The molecule has 1 saturated carbocycles. The van der Waals surface area contributed by atoms with Crippen LogP contribution in [0.4, 0.5) is 17.2 Å². The van der Waals surface area contributed by atoms with E-state index in [1.807, 2.05) is 18.3 Å². The molecule has 0 radical (unpaired) electrons. The summed E-state index contributed by atoms with van der Waals surface area (Å²) in [5, 5.41) is 6.83. The number of hydrogen-bond acceptors (Lipinski definition) is 5. The number of methoxy groups -OCH3 is 1. The van der Waals surface area contributed by atoms with Crippen molar-refractivity contribution in [3.8, 4) is 0 Å². The Bertz CT molecular complexity index is 903. The Morgan fingerprint density at radius 1 is 1.25 bits per heavy atom. The maximum absolute atomic E-state index is 12.3. The zero-order valence-electron chi connectivity index (χ0n) is 16.4. The van der Waals surface area contributed by atoms with Crippen molar-refractivity contribution in [2.24, 2.45) is 0 Å². The van der Waals surface area contributed by atoms with Gasteiger partial charge in [0.15, 0.2) is 0 Å². The smallest absolute Gasteiger partial charge is 0.341 e. The number of benzene rings is 1. The van der Waals surface area contributed by atoms with Crippen molar-refractivity contribution >= 4 is 28.7 Å². The number of rotatable bonds is 4. The third-order valence-corrected chi connectivity index (χ3v) is 5.50. The number of esters is 1. The van der Waals surface area contributed by atoms with Gasteiger partial charge in [-0.2, -0.15) is 0 Å². The number of carbonyl (C=O) groups excluding carboxylic acids is 1. The third-order valence-electron chi connectivity index (χ3n) is 5.50. The van der Waals surface area contributed by atoms with Crippen molar-refractivity contribution in [3.63, 3.8) is 0 Å². The maximum atomic E-state index is 12.3. The van der Waals surface area contributed by atoms with Crippen LogP contribution in [-0.4, -0.2) is 24.6 Å². The molecule has 0 amide bonds. The van der Waals surface area contributed by atoms with Crippen molar-refractivity contribution in [2.45, 2.75) is 44.4 Å². The number of hydrogen-bond donors (Lipinski definition) is 2. The zero-order chi connectivity index (χ0) is 19.5. The maximum Gasteiger partial charge on any atom is 0.341 e. The molecular formula is C23H27N3O2. The topological polar surface area (TPSA) is 63.2 Å². The van der Waals surface area contributed by atoms with E-state index in [-0.39, 0.29) is 5.97 Å². The Hall–Kier alpha value is -2.82. The van der Waals surface area contributed by atoms with Gasteiger partial charge in [-0.15, -0.1) is 0 Å². The predicted octanol–water partition coefficient (Wildman–Crippen LogP) is 5.49. The quantitative estimate of drug-likeness (QED) is 0.690. The Morgan fingerprint density at radius 2 is 2.11 bits per heavy atom. The molecule has 1 fully saturated rings.